The monoisotopic (exact) mass is 254 g/mol. The third-order valence-electron chi connectivity index (χ3n) is 1.66. The van der Waals surface area contributed by atoms with Crippen molar-refractivity contribution in [3.63, 3.8) is 0 Å². The molecule has 0 aromatic carbocycles. The van der Waals surface area contributed by atoms with E-state index in [9.17, 15) is 13.2 Å². The lowest BCUT2D eigenvalue weighted by Crippen LogP contribution is -2.36. The molecule has 0 aliphatic heterocycles. The molecule has 1 atom stereocenters. The fraction of sp³-hybridized carbons (Fsp3) is 0.375. The molecule has 0 spiro atoms. The number of nitrogens with two attached hydrogens (primary N) is 1. The molecule has 84 valence electrons. The van der Waals surface area contributed by atoms with E-state index in [-0.39, 0.29) is 5.75 Å². The van der Waals surface area contributed by atoms with Gasteiger partial charge in [-0.2, -0.15) is 13.2 Å². The van der Waals surface area contributed by atoms with Crippen molar-refractivity contribution in [1.82, 2.24) is 0 Å². The maximum Gasteiger partial charge on any atom is 0.399 e. The van der Waals surface area contributed by atoms with E-state index in [2.05, 4.69) is 0 Å². The van der Waals surface area contributed by atoms with Crippen molar-refractivity contribution in [3.8, 4) is 0 Å². The first-order chi connectivity index (χ1) is 6.91. The minimum absolute atomic E-state index is 0.237. The molecule has 1 aromatic heterocycles. The molecular weight excluding hydrogens is 245 g/mol. The molecule has 0 aliphatic rings. The molecule has 15 heavy (non-hydrogen) atoms. The molecule has 0 radical (unpaired) electrons. The SMILES string of the molecule is N=C(N)C(CSc1cccs1)C(F)(F)F. The zero-order valence-corrected chi connectivity index (χ0v) is 9.18. The Balaban J connectivity index is 2.57. The predicted octanol–water partition coefficient (Wildman–Crippen LogP) is 2.95. The van der Waals surface area contributed by atoms with Gasteiger partial charge in [0.05, 0.1) is 4.21 Å². The van der Waals surface area contributed by atoms with Gasteiger partial charge in [0.2, 0.25) is 0 Å². The number of thiophene rings is 1. The number of amidine groups is 1. The van der Waals surface area contributed by atoms with Crippen molar-refractivity contribution in [3.05, 3.63) is 17.5 Å². The molecule has 0 fully saturated rings. The summed E-state index contributed by atoms with van der Waals surface area (Å²) in [5.74, 6) is -2.92. The number of alkyl halides is 3. The second-order valence-corrected chi connectivity index (χ2v) is 5.06. The van der Waals surface area contributed by atoms with Crippen LogP contribution in [0.15, 0.2) is 21.7 Å². The third-order valence-corrected chi connectivity index (χ3v) is 3.88. The van der Waals surface area contributed by atoms with Crippen molar-refractivity contribution >= 4 is 28.9 Å². The molecule has 1 aromatic rings. The summed E-state index contributed by atoms with van der Waals surface area (Å²) >= 11 is 2.44. The Labute approximate surface area is 93.2 Å². The standard InChI is InChI=1S/C8H9F3N2S2/c9-8(10,11)5(7(12)13)4-15-6-2-1-3-14-6/h1-3,5H,4H2,(H3,12,13). The van der Waals surface area contributed by atoms with E-state index in [4.69, 9.17) is 11.1 Å². The molecule has 1 rings (SSSR count). The molecule has 2 nitrogen and oxygen atoms in total. The summed E-state index contributed by atoms with van der Waals surface area (Å²) in [6.45, 7) is 0. The number of nitrogens with one attached hydrogen (secondary N) is 1. The molecule has 7 heteroatoms. The highest BCUT2D eigenvalue weighted by molar-refractivity contribution is 8.01. The maximum atomic E-state index is 12.4. The van der Waals surface area contributed by atoms with Gasteiger partial charge >= 0.3 is 6.18 Å². The van der Waals surface area contributed by atoms with Gasteiger partial charge in [-0.05, 0) is 11.4 Å². The molecule has 0 amide bonds. The van der Waals surface area contributed by atoms with Crippen LogP contribution in [-0.2, 0) is 0 Å². The smallest absolute Gasteiger partial charge is 0.387 e. The van der Waals surface area contributed by atoms with E-state index in [1.165, 1.54) is 11.3 Å². The third kappa shape index (κ3) is 3.75. The molecule has 1 heterocycles. The summed E-state index contributed by atoms with van der Waals surface area (Å²) in [6, 6.07) is 3.51. The largest absolute Gasteiger partial charge is 0.399 e. The predicted molar refractivity (Wildman–Crippen MR) is 56.5 cm³/mol. The average Bonchev–Trinajstić information content (AvgIpc) is 2.53. The lowest BCUT2D eigenvalue weighted by Gasteiger charge is -2.17. The van der Waals surface area contributed by atoms with Gasteiger partial charge in [0.15, 0.2) is 0 Å². The second kappa shape index (κ2) is 4.89. The van der Waals surface area contributed by atoms with Crippen molar-refractivity contribution in [2.24, 2.45) is 11.7 Å². The normalized spacial score (nSPS) is 13.8. The summed E-state index contributed by atoms with van der Waals surface area (Å²) in [5, 5.41) is 8.67. The van der Waals surface area contributed by atoms with Crippen LogP contribution in [0, 0.1) is 11.3 Å². The number of hydrogen-bond acceptors (Lipinski definition) is 3. The van der Waals surface area contributed by atoms with E-state index in [0.717, 1.165) is 16.0 Å². The highest BCUT2D eigenvalue weighted by Gasteiger charge is 2.41. The number of halogens is 3. The fourth-order valence-electron chi connectivity index (χ4n) is 0.872. The minimum atomic E-state index is -4.43. The highest BCUT2D eigenvalue weighted by atomic mass is 32.2. The fourth-order valence-corrected chi connectivity index (χ4v) is 2.84. The van der Waals surface area contributed by atoms with Crippen molar-refractivity contribution in [1.29, 1.82) is 5.41 Å². The Hall–Kier alpha value is -0.690. The first-order valence-electron chi connectivity index (χ1n) is 3.98. The number of rotatable bonds is 4. The summed E-state index contributed by atoms with van der Waals surface area (Å²) < 4.78 is 37.9. The van der Waals surface area contributed by atoms with Crippen LogP contribution in [-0.4, -0.2) is 17.8 Å². The van der Waals surface area contributed by atoms with Crippen LogP contribution in [0.4, 0.5) is 13.2 Å². The molecule has 3 N–H and O–H groups in total. The van der Waals surface area contributed by atoms with Crippen LogP contribution in [0.1, 0.15) is 0 Å². The van der Waals surface area contributed by atoms with Gasteiger partial charge in [-0.1, -0.05) is 6.07 Å². The van der Waals surface area contributed by atoms with E-state index >= 15 is 0 Å². The first kappa shape index (κ1) is 12.4. The molecule has 1 unspecified atom stereocenters. The van der Waals surface area contributed by atoms with Gasteiger partial charge in [-0.25, -0.2) is 0 Å². The van der Waals surface area contributed by atoms with Crippen LogP contribution in [0.3, 0.4) is 0 Å². The second-order valence-electron chi connectivity index (χ2n) is 2.79. The van der Waals surface area contributed by atoms with Gasteiger partial charge in [-0.15, -0.1) is 23.1 Å². The van der Waals surface area contributed by atoms with Gasteiger partial charge in [-0.3, -0.25) is 5.41 Å². The first-order valence-corrected chi connectivity index (χ1v) is 5.84. The number of hydrogen-bond donors (Lipinski definition) is 2. The molecular formula is C8H9F3N2S2. The quantitative estimate of drug-likeness (QED) is 0.493. The van der Waals surface area contributed by atoms with Gasteiger partial charge in [0.25, 0.3) is 0 Å². The summed E-state index contributed by atoms with van der Waals surface area (Å²) in [6.07, 6.45) is -4.43. The minimum Gasteiger partial charge on any atom is -0.387 e. The topological polar surface area (TPSA) is 49.9 Å². The number of thioether (sulfide) groups is 1. The van der Waals surface area contributed by atoms with Crippen LogP contribution in [0.5, 0.6) is 0 Å². The lowest BCUT2D eigenvalue weighted by molar-refractivity contribution is -0.149. The molecule has 0 saturated carbocycles. The van der Waals surface area contributed by atoms with Gasteiger partial charge in [0, 0.05) is 5.75 Å². The lowest BCUT2D eigenvalue weighted by atomic mass is 10.1. The molecule has 0 aliphatic carbocycles. The van der Waals surface area contributed by atoms with Crippen LogP contribution >= 0.6 is 23.1 Å². The zero-order chi connectivity index (χ0) is 11.5. The van der Waals surface area contributed by atoms with Crippen molar-refractivity contribution in [2.45, 2.75) is 10.4 Å². The van der Waals surface area contributed by atoms with Gasteiger partial charge in [0.1, 0.15) is 11.8 Å². The van der Waals surface area contributed by atoms with Crippen LogP contribution < -0.4 is 5.73 Å². The van der Waals surface area contributed by atoms with E-state index in [1.54, 1.807) is 17.5 Å². The van der Waals surface area contributed by atoms with Crippen LogP contribution in [0.2, 0.25) is 0 Å². The summed E-state index contributed by atoms with van der Waals surface area (Å²) in [7, 11) is 0. The van der Waals surface area contributed by atoms with E-state index < -0.39 is 17.9 Å². The van der Waals surface area contributed by atoms with Crippen molar-refractivity contribution < 1.29 is 13.2 Å². The maximum absolute atomic E-state index is 12.4. The van der Waals surface area contributed by atoms with Gasteiger partial charge < -0.3 is 5.73 Å². The zero-order valence-electron chi connectivity index (χ0n) is 7.54. The summed E-state index contributed by atoms with van der Waals surface area (Å²) in [5.41, 5.74) is 4.92. The summed E-state index contributed by atoms with van der Waals surface area (Å²) in [4.78, 5) is 0. The molecule has 0 bridgehead atoms. The molecule has 0 saturated heterocycles. The Bertz CT molecular complexity index is 321. The van der Waals surface area contributed by atoms with E-state index in [0.29, 0.717) is 0 Å². The van der Waals surface area contributed by atoms with Crippen LogP contribution in [0.25, 0.3) is 0 Å². The Morgan fingerprint density at radius 1 is 1.60 bits per heavy atom. The Morgan fingerprint density at radius 3 is 2.67 bits per heavy atom. The highest BCUT2D eigenvalue weighted by Crippen LogP contribution is 2.33. The Morgan fingerprint density at radius 2 is 2.27 bits per heavy atom. The Kier molecular flexibility index (Phi) is 4.04. The van der Waals surface area contributed by atoms with Crippen molar-refractivity contribution in [2.75, 3.05) is 5.75 Å². The van der Waals surface area contributed by atoms with E-state index in [1.807, 2.05) is 0 Å². The average molecular weight is 254 g/mol.